The van der Waals surface area contributed by atoms with Crippen molar-refractivity contribution < 1.29 is 43.0 Å². The van der Waals surface area contributed by atoms with E-state index in [-0.39, 0.29) is 30.0 Å². The molecule has 0 aromatic heterocycles. The average Bonchev–Trinajstić information content (AvgIpc) is 2.35. The van der Waals surface area contributed by atoms with Gasteiger partial charge in [0.1, 0.15) is 25.4 Å². The van der Waals surface area contributed by atoms with Crippen LogP contribution in [0.25, 0.3) is 0 Å². The van der Waals surface area contributed by atoms with Crippen LogP contribution in [0.5, 0.6) is 11.5 Å². The highest BCUT2D eigenvalue weighted by molar-refractivity contribution is 5.44. The van der Waals surface area contributed by atoms with Crippen molar-refractivity contribution in [1.82, 2.24) is 0 Å². The number of hydrogen-bond acceptors (Lipinski definition) is 3. The second-order valence-electron chi connectivity index (χ2n) is 5.70. The Balaban J connectivity index is 0.00000180. The third-order valence-electron chi connectivity index (χ3n) is 3.59. The molecular formula is C14H22INO3. The molecule has 4 nitrogen and oxygen atoms in total. The van der Waals surface area contributed by atoms with Gasteiger partial charge in [0, 0.05) is 0 Å². The van der Waals surface area contributed by atoms with Gasteiger partial charge in [-0.05, 0) is 24.6 Å². The van der Waals surface area contributed by atoms with Gasteiger partial charge in [0.05, 0.1) is 21.1 Å². The highest BCUT2D eigenvalue weighted by atomic mass is 127. The fourth-order valence-corrected chi connectivity index (χ4v) is 1.95. The Labute approximate surface area is 131 Å². The van der Waals surface area contributed by atoms with Crippen molar-refractivity contribution in [3.8, 4) is 11.5 Å². The molecule has 0 bridgehead atoms. The molecule has 1 aliphatic heterocycles. The van der Waals surface area contributed by atoms with Crippen LogP contribution in [0, 0.1) is 0 Å². The van der Waals surface area contributed by atoms with Crippen LogP contribution in [0.4, 0.5) is 0 Å². The molecule has 0 fully saturated rings. The van der Waals surface area contributed by atoms with Crippen LogP contribution >= 0.6 is 0 Å². The number of rotatable bonds is 3. The zero-order valence-electron chi connectivity index (χ0n) is 11.9. The molecule has 1 aliphatic rings. The summed E-state index contributed by atoms with van der Waals surface area (Å²) < 4.78 is 11.7. The van der Waals surface area contributed by atoms with Crippen molar-refractivity contribution in [2.45, 2.75) is 19.1 Å². The fourth-order valence-electron chi connectivity index (χ4n) is 1.95. The Morgan fingerprint density at radius 3 is 2.26 bits per heavy atom. The summed E-state index contributed by atoms with van der Waals surface area (Å²) in [6.07, 6.45) is -0.513. The number of fused-ring (bicyclic) bond motifs is 1. The zero-order valence-corrected chi connectivity index (χ0v) is 14.0. The summed E-state index contributed by atoms with van der Waals surface area (Å²) in [6, 6.07) is 5.76. The maximum absolute atomic E-state index is 10.4. The van der Waals surface area contributed by atoms with Crippen LogP contribution in [0.3, 0.4) is 0 Å². The third-order valence-corrected chi connectivity index (χ3v) is 3.59. The summed E-state index contributed by atoms with van der Waals surface area (Å²) >= 11 is 0. The molecule has 0 saturated heterocycles. The van der Waals surface area contributed by atoms with E-state index >= 15 is 0 Å². The molecule has 0 spiro atoms. The lowest BCUT2D eigenvalue weighted by Gasteiger charge is -2.35. The quantitative estimate of drug-likeness (QED) is 0.518. The first kappa shape index (κ1) is 16.5. The van der Waals surface area contributed by atoms with Gasteiger partial charge in [-0.15, -0.1) is 0 Å². The molecule has 1 N–H and O–H groups in total. The van der Waals surface area contributed by atoms with Gasteiger partial charge in [-0.1, -0.05) is 6.07 Å². The van der Waals surface area contributed by atoms with E-state index in [1.807, 2.05) is 25.1 Å². The topological polar surface area (TPSA) is 38.7 Å². The van der Waals surface area contributed by atoms with E-state index in [0.717, 1.165) is 17.1 Å². The maximum Gasteiger partial charge on any atom is 0.161 e. The molecule has 5 heteroatoms. The smallest absolute Gasteiger partial charge is 0.161 e. The highest BCUT2D eigenvalue weighted by Crippen LogP contribution is 2.34. The number of benzene rings is 1. The first-order chi connectivity index (χ1) is 8.39. The van der Waals surface area contributed by atoms with Gasteiger partial charge in [-0.2, -0.15) is 0 Å². The average molecular weight is 379 g/mol. The minimum Gasteiger partial charge on any atom is -1.00 e. The molecule has 108 valence electrons. The van der Waals surface area contributed by atoms with Crippen LogP contribution in [0.15, 0.2) is 18.2 Å². The minimum atomic E-state index is -0.513. The second kappa shape index (κ2) is 6.28. The number of aliphatic hydroxyl groups is 1. The lowest BCUT2D eigenvalue weighted by Crippen LogP contribution is -3.00. The number of halogens is 1. The summed E-state index contributed by atoms with van der Waals surface area (Å²) in [6.45, 7) is 3.20. The standard InChI is InChI=1S/C14H22NO3.HI/c1-10(15(2,3)4)14(16)11-5-6-12-13(9-11)18-8-7-17-12;/h5-6,9-10,14,16H,7-8H2,1-4H3;1H/q+1;/p-1. The van der Waals surface area contributed by atoms with Gasteiger partial charge in [-0.3, -0.25) is 0 Å². The molecule has 2 atom stereocenters. The van der Waals surface area contributed by atoms with Gasteiger partial charge >= 0.3 is 0 Å². The minimum absolute atomic E-state index is 0. The van der Waals surface area contributed by atoms with Crippen LogP contribution in [0.2, 0.25) is 0 Å². The SMILES string of the molecule is CC(C(O)c1ccc2c(c1)OCCO2)[N+](C)(C)C.[I-]. The van der Waals surface area contributed by atoms with Gasteiger partial charge in [-0.25, -0.2) is 0 Å². The molecule has 0 aliphatic carbocycles. The summed E-state index contributed by atoms with van der Waals surface area (Å²) in [5.41, 5.74) is 0.875. The number of ether oxygens (including phenoxy) is 2. The van der Waals surface area contributed by atoms with E-state index in [2.05, 4.69) is 21.1 Å². The van der Waals surface area contributed by atoms with Gasteiger partial charge in [0.15, 0.2) is 11.5 Å². The molecule has 1 aromatic carbocycles. The van der Waals surface area contributed by atoms with Crippen molar-refractivity contribution in [2.75, 3.05) is 34.4 Å². The van der Waals surface area contributed by atoms with Crippen molar-refractivity contribution >= 4 is 0 Å². The van der Waals surface area contributed by atoms with E-state index in [4.69, 9.17) is 9.47 Å². The van der Waals surface area contributed by atoms with Crippen molar-refractivity contribution in [3.05, 3.63) is 23.8 Å². The monoisotopic (exact) mass is 379 g/mol. The highest BCUT2D eigenvalue weighted by Gasteiger charge is 2.28. The van der Waals surface area contributed by atoms with Crippen molar-refractivity contribution in [2.24, 2.45) is 0 Å². The van der Waals surface area contributed by atoms with Crippen molar-refractivity contribution in [1.29, 1.82) is 0 Å². The first-order valence-electron chi connectivity index (χ1n) is 6.28. The number of aliphatic hydroxyl groups excluding tert-OH is 1. The first-order valence-corrected chi connectivity index (χ1v) is 6.28. The molecule has 1 heterocycles. The maximum atomic E-state index is 10.4. The van der Waals surface area contributed by atoms with Crippen LogP contribution in [-0.2, 0) is 0 Å². The molecule has 2 unspecified atom stereocenters. The second-order valence-corrected chi connectivity index (χ2v) is 5.70. The Hall–Kier alpha value is -0.530. The summed E-state index contributed by atoms with van der Waals surface area (Å²) in [7, 11) is 6.23. The molecule has 2 rings (SSSR count). The van der Waals surface area contributed by atoms with Crippen LogP contribution in [0.1, 0.15) is 18.6 Å². The van der Waals surface area contributed by atoms with E-state index in [1.54, 1.807) is 0 Å². The molecule has 0 amide bonds. The zero-order chi connectivity index (χ0) is 13.3. The summed E-state index contributed by atoms with van der Waals surface area (Å²) in [4.78, 5) is 0. The number of quaternary nitrogens is 1. The van der Waals surface area contributed by atoms with Gasteiger partial charge in [0.2, 0.25) is 0 Å². The Kier molecular flexibility index (Phi) is 5.46. The Morgan fingerprint density at radius 2 is 1.68 bits per heavy atom. The van der Waals surface area contributed by atoms with Crippen molar-refractivity contribution in [3.63, 3.8) is 0 Å². The Bertz CT molecular complexity index is 431. The number of nitrogens with zero attached hydrogens (tertiary/aromatic N) is 1. The predicted molar refractivity (Wildman–Crippen MR) is 69.9 cm³/mol. The molecule has 0 saturated carbocycles. The molecule has 1 aromatic rings. The lowest BCUT2D eigenvalue weighted by atomic mass is 10.0. The fraction of sp³-hybridized carbons (Fsp3) is 0.571. The predicted octanol–water partition coefficient (Wildman–Crippen LogP) is -1.41. The van der Waals surface area contributed by atoms with Crippen LogP contribution < -0.4 is 33.5 Å². The largest absolute Gasteiger partial charge is 1.00 e. The molecule has 19 heavy (non-hydrogen) atoms. The number of hydrogen-bond donors (Lipinski definition) is 1. The van der Waals surface area contributed by atoms with E-state index in [9.17, 15) is 5.11 Å². The normalized spacial score (nSPS) is 17.3. The van der Waals surface area contributed by atoms with E-state index < -0.39 is 6.10 Å². The molecule has 0 radical (unpaired) electrons. The summed E-state index contributed by atoms with van der Waals surface area (Å²) in [5, 5.41) is 10.4. The van der Waals surface area contributed by atoms with Gasteiger partial charge < -0.3 is 43.0 Å². The lowest BCUT2D eigenvalue weighted by molar-refractivity contribution is -0.898. The Morgan fingerprint density at radius 1 is 1.11 bits per heavy atom. The van der Waals surface area contributed by atoms with Gasteiger partial charge in [0.25, 0.3) is 0 Å². The summed E-state index contributed by atoms with van der Waals surface area (Å²) in [5.74, 6) is 1.49. The van der Waals surface area contributed by atoms with Crippen LogP contribution in [-0.4, -0.2) is 50.0 Å². The number of likely N-dealkylation sites (N-methyl/N-ethyl adjacent to an activating group) is 1. The van der Waals surface area contributed by atoms with E-state index in [1.165, 1.54) is 0 Å². The van der Waals surface area contributed by atoms with E-state index in [0.29, 0.717) is 17.7 Å². The third kappa shape index (κ3) is 3.73. The molecular weight excluding hydrogens is 357 g/mol.